The molecule has 0 saturated carbocycles. The SMILES string of the molecule is CC(C)(Cc1cc(CC(C)(C)c2ccc(-c3ccccc3)nc2)cc(B2OC(C)(C)C(C)(C)O2)c1)c1ccc(-c2ccccc2)nc1. The molecule has 3 aromatic carbocycles. The summed E-state index contributed by atoms with van der Waals surface area (Å²) in [5.74, 6) is 0. The highest BCUT2D eigenvalue weighted by atomic mass is 16.7. The highest BCUT2D eigenvalue weighted by molar-refractivity contribution is 6.62. The molecule has 3 heterocycles. The van der Waals surface area contributed by atoms with Crippen LogP contribution in [0.3, 0.4) is 0 Å². The third-order valence-corrected chi connectivity index (χ3v) is 10.1. The van der Waals surface area contributed by atoms with Crippen LogP contribution in [-0.4, -0.2) is 28.3 Å². The van der Waals surface area contributed by atoms with Crippen molar-refractivity contribution in [2.75, 3.05) is 0 Å². The van der Waals surface area contributed by atoms with E-state index in [1.165, 1.54) is 22.3 Å². The van der Waals surface area contributed by atoms with Crippen LogP contribution in [0.5, 0.6) is 0 Å². The third-order valence-electron chi connectivity index (χ3n) is 10.1. The zero-order valence-corrected chi connectivity index (χ0v) is 29.2. The monoisotopic (exact) mass is 622 g/mol. The standard InChI is InChI=1S/C42H47BN2O2/c1-39(2,34-19-21-37(44-28-34)32-15-11-9-12-16-32)26-30-23-31(25-36(24-30)43-46-41(5,6)42(7,8)47-43)27-40(3,4)35-20-22-38(45-29-35)33-17-13-10-14-18-33/h9-25,28-29H,26-27H2,1-8H3. The molecular weight excluding hydrogens is 575 g/mol. The lowest BCUT2D eigenvalue weighted by Crippen LogP contribution is -2.41. The molecule has 1 fully saturated rings. The maximum absolute atomic E-state index is 6.56. The minimum absolute atomic E-state index is 0.138. The Kier molecular flexibility index (Phi) is 8.76. The Labute approximate surface area is 281 Å². The van der Waals surface area contributed by atoms with Crippen molar-refractivity contribution in [3.05, 3.63) is 138 Å². The molecule has 0 bridgehead atoms. The van der Waals surface area contributed by atoms with Gasteiger partial charge < -0.3 is 9.31 Å². The maximum atomic E-state index is 6.56. The van der Waals surface area contributed by atoms with Gasteiger partial charge in [-0.3, -0.25) is 9.97 Å². The molecule has 0 atom stereocenters. The third kappa shape index (κ3) is 7.12. The molecule has 0 amide bonds. The molecule has 0 spiro atoms. The normalized spacial score (nSPS) is 16.0. The summed E-state index contributed by atoms with van der Waals surface area (Å²) in [7, 11) is -0.427. The van der Waals surface area contributed by atoms with Gasteiger partial charge in [-0.05, 0) is 91.2 Å². The van der Waals surface area contributed by atoms with Crippen molar-refractivity contribution < 1.29 is 9.31 Å². The number of hydrogen-bond acceptors (Lipinski definition) is 4. The fraction of sp³-hybridized carbons (Fsp3) is 0.333. The van der Waals surface area contributed by atoms with E-state index in [2.05, 4.69) is 146 Å². The van der Waals surface area contributed by atoms with Crippen LogP contribution >= 0.6 is 0 Å². The van der Waals surface area contributed by atoms with Gasteiger partial charge in [-0.15, -0.1) is 0 Å². The Morgan fingerprint density at radius 2 is 0.957 bits per heavy atom. The predicted molar refractivity (Wildman–Crippen MR) is 195 cm³/mol. The van der Waals surface area contributed by atoms with Crippen molar-refractivity contribution in [2.45, 2.75) is 90.3 Å². The minimum Gasteiger partial charge on any atom is -0.399 e. The molecule has 0 aliphatic carbocycles. The van der Waals surface area contributed by atoms with Crippen LogP contribution in [0.1, 0.15) is 77.6 Å². The summed E-state index contributed by atoms with van der Waals surface area (Å²) >= 11 is 0. The van der Waals surface area contributed by atoms with Crippen molar-refractivity contribution in [1.82, 2.24) is 9.97 Å². The van der Waals surface area contributed by atoms with Gasteiger partial charge in [0.2, 0.25) is 0 Å². The fourth-order valence-corrected chi connectivity index (χ4v) is 6.48. The first-order valence-electron chi connectivity index (χ1n) is 16.7. The molecule has 5 aromatic rings. The first-order valence-corrected chi connectivity index (χ1v) is 16.7. The minimum atomic E-state index is -0.427. The van der Waals surface area contributed by atoms with Crippen LogP contribution in [0.4, 0.5) is 0 Å². The summed E-state index contributed by atoms with van der Waals surface area (Å²) in [6.45, 7) is 17.7. The Hall–Kier alpha value is -4.06. The van der Waals surface area contributed by atoms with Gasteiger partial charge in [0, 0.05) is 23.5 Å². The van der Waals surface area contributed by atoms with Crippen LogP contribution in [0.25, 0.3) is 22.5 Å². The van der Waals surface area contributed by atoms with Crippen LogP contribution < -0.4 is 5.46 Å². The second-order valence-corrected chi connectivity index (χ2v) is 15.4. The van der Waals surface area contributed by atoms with Crippen molar-refractivity contribution in [2.24, 2.45) is 0 Å². The Balaban J connectivity index is 1.30. The number of benzene rings is 3. The Bertz CT molecular complexity index is 1680. The molecule has 5 heteroatoms. The van der Waals surface area contributed by atoms with Crippen molar-refractivity contribution in [1.29, 1.82) is 0 Å². The van der Waals surface area contributed by atoms with Crippen molar-refractivity contribution in [3.63, 3.8) is 0 Å². The zero-order valence-electron chi connectivity index (χ0n) is 29.2. The van der Waals surface area contributed by atoms with Crippen LogP contribution in [-0.2, 0) is 33.0 Å². The highest BCUT2D eigenvalue weighted by Crippen LogP contribution is 2.37. The topological polar surface area (TPSA) is 44.2 Å². The molecule has 0 radical (unpaired) electrons. The number of pyridine rings is 2. The molecule has 1 aliphatic heterocycles. The van der Waals surface area contributed by atoms with Gasteiger partial charge in [0.15, 0.2) is 0 Å². The molecule has 47 heavy (non-hydrogen) atoms. The number of hydrogen-bond donors (Lipinski definition) is 0. The summed E-state index contributed by atoms with van der Waals surface area (Å²) in [6.07, 6.45) is 5.79. The Morgan fingerprint density at radius 1 is 0.553 bits per heavy atom. The molecule has 4 nitrogen and oxygen atoms in total. The largest absolute Gasteiger partial charge is 0.494 e. The molecular formula is C42H47BN2O2. The van der Waals surface area contributed by atoms with Gasteiger partial charge in [0.25, 0.3) is 0 Å². The van der Waals surface area contributed by atoms with Gasteiger partial charge in [-0.1, -0.05) is 119 Å². The van der Waals surface area contributed by atoms with Crippen LogP contribution in [0, 0.1) is 0 Å². The van der Waals surface area contributed by atoms with E-state index in [1.54, 1.807) is 0 Å². The van der Waals surface area contributed by atoms with Crippen LogP contribution in [0.15, 0.2) is 116 Å². The van der Waals surface area contributed by atoms with E-state index in [-0.39, 0.29) is 10.8 Å². The second-order valence-electron chi connectivity index (χ2n) is 15.4. The van der Waals surface area contributed by atoms with E-state index in [9.17, 15) is 0 Å². The number of aromatic nitrogens is 2. The summed E-state index contributed by atoms with van der Waals surface area (Å²) < 4.78 is 13.1. The van der Waals surface area contributed by atoms with Gasteiger partial charge in [-0.2, -0.15) is 0 Å². The smallest absolute Gasteiger partial charge is 0.399 e. The van der Waals surface area contributed by atoms with E-state index >= 15 is 0 Å². The molecule has 2 aromatic heterocycles. The average Bonchev–Trinajstić information content (AvgIpc) is 3.27. The molecule has 0 unspecified atom stereocenters. The average molecular weight is 623 g/mol. The van der Waals surface area contributed by atoms with Gasteiger partial charge in [0.1, 0.15) is 0 Å². The van der Waals surface area contributed by atoms with E-state index < -0.39 is 18.3 Å². The first-order chi connectivity index (χ1) is 22.2. The second kappa shape index (κ2) is 12.5. The summed E-state index contributed by atoms with van der Waals surface area (Å²) in [4.78, 5) is 9.70. The summed E-state index contributed by atoms with van der Waals surface area (Å²) in [6, 6.07) is 36.3. The number of rotatable bonds is 9. The quantitative estimate of drug-likeness (QED) is 0.154. The Morgan fingerprint density at radius 3 is 1.32 bits per heavy atom. The van der Waals surface area contributed by atoms with Gasteiger partial charge in [-0.25, -0.2) is 0 Å². The van der Waals surface area contributed by atoms with Gasteiger partial charge >= 0.3 is 7.12 Å². The highest BCUT2D eigenvalue weighted by Gasteiger charge is 2.51. The predicted octanol–water partition coefficient (Wildman–Crippen LogP) is 9.15. The van der Waals surface area contributed by atoms with E-state index in [1.807, 2.05) is 24.5 Å². The van der Waals surface area contributed by atoms with Crippen molar-refractivity contribution in [3.8, 4) is 22.5 Å². The lowest BCUT2D eigenvalue weighted by molar-refractivity contribution is 0.00578. The van der Waals surface area contributed by atoms with Crippen LogP contribution in [0.2, 0.25) is 0 Å². The van der Waals surface area contributed by atoms with Gasteiger partial charge in [0.05, 0.1) is 22.6 Å². The molecule has 6 rings (SSSR count). The molecule has 0 N–H and O–H groups in total. The van der Waals surface area contributed by atoms with E-state index in [4.69, 9.17) is 19.3 Å². The molecule has 1 saturated heterocycles. The zero-order chi connectivity index (χ0) is 33.5. The first kappa shape index (κ1) is 32.9. The van der Waals surface area contributed by atoms with Crippen molar-refractivity contribution >= 4 is 12.6 Å². The summed E-state index contributed by atoms with van der Waals surface area (Å²) in [5, 5.41) is 0. The lowest BCUT2D eigenvalue weighted by atomic mass is 9.72. The van der Waals surface area contributed by atoms with E-state index in [0.717, 1.165) is 40.8 Å². The maximum Gasteiger partial charge on any atom is 0.494 e. The van der Waals surface area contributed by atoms with E-state index in [0.29, 0.717) is 0 Å². The molecule has 240 valence electrons. The summed E-state index contributed by atoms with van der Waals surface area (Å²) in [5.41, 5.74) is 9.15. The fourth-order valence-electron chi connectivity index (χ4n) is 6.48. The lowest BCUT2D eigenvalue weighted by Gasteiger charge is -2.32. The number of nitrogens with zero attached hydrogens (tertiary/aromatic N) is 2. The molecule has 1 aliphatic rings.